The van der Waals surface area contributed by atoms with E-state index in [1.165, 1.54) is 4.68 Å². The second-order valence-corrected chi connectivity index (χ2v) is 3.92. The number of benzene rings is 1. The van der Waals surface area contributed by atoms with Crippen LogP contribution in [0.1, 0.15) is 16.7 Å². The van der Waals surface area contributed by atoms with Gasteiger partial charge in [-0.15, -0.1) is 0 Å². The first kappa shape index (κ1) is 10.0. The lowest BCUT2D eigenvalue weighted by Crippen LogP contribution is -2.39. The van der Waals surface area contributed by atoms with Crippen LogP contribution in [0.5, 0.6) is 0 Å². The molecule has 1 aromatic heterocycles. The second-order valence-electron chi connectivity index (χ2n) is 3.92. The second kappa shape index (κ2) is 3.71. The van der Waals surface area contributed by atoms with Crippen LogP contribution in [0.2, 0.25) is 0 Å². The quantitative estimate of drug-likeness (QED) is 0.759. The van der Waals surface area contributed by atoms with Crippen molar-refractivity contribution in [2.75, 3.05) is 6.54 Å². The maximum Gasteiger partial charge on any atom is 0.269 e. The van der Waals surface area contributed by atoms with Crippen molar-refractivity contribution < 1.29 is 9.90 Å². The molecule has 1 amide bonds. The van der Waals surface area contributed by atoms with E-state index in [1.807, 2.05) is 30.3 Å². The monoisotopic (exact) mass is 229 g/mol. The zero-order valence-electron chi connectivity index (χ0n) is 9.00. The minimum atomic E-state index is -0.792. The van der Waals surface area contributed by atoms with E-state index in [9.17, 15) is 9.90 Å². The molecule has 3 rings (SSSR count). The molecule has 2 aromatic rings. The molecule has 0 aliphatic carbocycles. The van der Waals surface area contributed by atoms with Crippen LogP contribution in [0.4, 0.5) is 0 Å². The van der Waals surface area contributed by atoms with Crippen LogP contribution in [-0.2, 0) is 0 Å². The summed E-state index contributed by atoms with van der Waals surface area (Å²) in [5.41, 5.74) is 2.01. The molecule has 86 valence electrons. The fraction of sp³-hybridized carbons (Fsp3) is 0.167. The van der Waals surface area contributed by atoms with E-state index in [2.05, 4.69) is 10.4 Å². The number of hydrogen-bond acceptors (Lipinski definition) is 3. The van der Waals surface area contributed by atoms with Crippen molar-refractivity contribution in [2.24, 2.45) is 0 Å². The summed E-state index contributed by atoms with van der Waals surface area (Å²) < 4.78 is 1.36. The SMILES string of the molecule is O=C1NC[C@H](O)n2nc(-c3ccccc3)cc21. The van der Waals surface area contributed by atoms with E-state index in [-0.39, 0.29) is 12.5 Å². The summed E-state index contributed by atoms with van der Waals surface area (Å²) >= 11 is 0. The molecule has 1 aromatic carbocycles. The van der Waals surface area contributed by atoms with Crippen LogP contribution in [0.15, 0.2) is 36.4 Å². The first-order valence-electron chi connectivity index (χ1n) is 5.37. The van der Waals surface area contributed by atoms with Crippen molar-refractivity contribution in [2.45, 2.75) is 6.23 Å². The topological polar surface area (TPSA) is 67.2 Å². The summed E-state index contributed by atoms with van der Waals surface area (Å²) in [6.45, 7) is 0.196. The smallest absolute Gasteiger partial charge is 0.269 e. The third-order valence-corrected chi connectivity index (χ3v) is 2.77. The number of β-amino-alcohol motifs (C(OH)–C–C–N with tert-alkyl or cyclic N) is 1. The molecule has 0 fully saturated rings. The van der Waals surface area contributed by atoms with Crippen LogP contribution in [-0.4, -0.2) is 27.3 Å². The number of fused-ring (bicyclic) bond motifs is 1. The largest absolute Gasteiger partial charge is 0.370 e. The number of aliphatic hydroxyl groups is 1. The Labute approximate surface area is 97.7 Å². The molecule has 5 nitrogen and oxygen atoms in total. The molecule has 2 N–H and O–H groups in total. The summed E-state index contributed by atoms with van der Waals surface area (Å²) in [5, 5.41) is 16.6. The Morgan fingerprint density at radius 3 is 2.82 bits per heavy atom. The van der Waals surface area contributed by atoms with Gasteiger partial charge in [0.05, 0.1) is 12.2 Å². The third-order valence-electron chi connectivity index (χ3n) is 2.77. The van der Waals surface area contributed by atoms with Crippen molar-refractivity contribution in [1.82, 2.24) is 15.1 Å². The highest BCUT2D eigenvalue weighted by Crippen LogP contribution is 2.22. The van der Waals surface area contributed by atoms with Gasteiger partial charge in [-0.25, -0.2) is 4.68 Å². The van der Waals surface area contributed by atoms with Gasteiger partial charge in [-0.1, -0.05) is 30.3 Å². The van der Waals surface area contributed by atoms with Gasteiger partial charge in [-0.3, -0.25) is 4.79 Å². The highest BCUT2D eigenvalue weighted by atomic mass is 16.3. The lowest BCUT2D eigenvalue weighted by Gasteiger charge is -2.19. The average Bonchev–Trinajstić information content (AvgIpc) is 2.81. The Morgan fingerprint density at radius 1 is 1.35 bits per heavy atom. The van der Waals surface area contributed by atoms with Gasteiger partial charge in [0.2, 0.25) is 0 Å². The van der Waals surface area contributed by atoms with Crippen molar-refractivity contribution in [1.29, 1.82) is 0 Å². The van der Waals surface area contributed by atoms with Crippen LogP contribution in [0.3, 0.4) is 0 Å². The van der Waals surface area contributed by atoms with Gasteiger partial charge in [0.25, 0.3) is 5.91 Å². The molecule has 5 heteroatoms. The van der Waals surface area contributed by atoms with E-state index in [0.29, 0.717) is 11.4 Å². The van der Waals surface area contributed by atoms with Gasteiger partial charge in [0, 0.05) is 5.56 Å². The number of aliphatic hydroxyl groups excluding tert-OH is 1. The molecule has 1 atom stereocenters. The Hall–Kier alpha value is -2.14. The van der Waals surface area contributed by atoms with Crippen molar-refractivity contribution >= 4 is 5.91 Å². The van der Waals surface area contributed by atoms with E-state index in [1.54, 1.807) is 6.07 Å². The van der Waals surface area contributed by atoms with Crippen molar-refractivity contribution in [3.63, 3.8) is 0 Å². The summed E-state index contributed by atoms with van der Waals surface area (Å²) in [7, 11) is 0. The fourth-order valence-corrected chi connectivity index (χ4v) is 1.90. The van der Waals surface area contributed by atoms with Gasteiger partial charge in [-0.2, -0.15) is 5.10 Å². The molecular weight excluding hydrogens is 218 g/mol. The predicted octanol–water partition coefficient (Wildman–Crippen LogP) is 0.784. The van der Waals surface area contributed by atoms with Crippen molar-refractivity contribution in [3.8, 4) is 11.3 Å². The minimum absolute atomic E-state index is 0.196. The van der Waals surface area contributed by atoms with Crippen LogP contribution < -0.4 is 5.32 Å². The number of nitrogens with zero attached hydrogens (tertiary/aromatic N) is 2. The summed E-state index contributed by atoms with van der Waals surface area (Å²) in [5.74, 6) is -0.204. The van der Waals surface area contributed by atoms with Gasteiger partial charge >= 0.3 is 0 Å². The minimum Gasteiger partial charge on any atom is -0.370 e. The van der Waals surface area contributed by atoms with Crippen LogP contribution >= 0.6 is 0 Å². The number of carbonyl (C=O) groups excluding carboxylic acids is 1. The Balaban J connectivity index is 2.10. The van der Waals surface area contributed by atoms with E-state index >= 15 is 0 Å². The molecule has 2 heterocycles. The molecule has 0 unspecified atom stereocenters. The molecule has 0 radical (unpaired) electrons. The zero-order chi connectivity index (χ0) is 11.8. The maximum absolute atomic E-state index is 11.6. The molecule has 1 aliphatic heterocycles. The molecule has 17 heavy (non-hydrogen) atoms. The maximum atomic E-state index is 11.6. The van der Waals surface area contributed by atoms with Gasteiger partial charge in [0.1, 0.15) is 5.69 Å². The lowest BCUT2D eigenvalue weighted by molar-refractivity contribution is 0.0594. The molecule has 0 spiro atoms. The van der Waals surface area contributed by atoms with E-state index in [4.69, 9.17) is 0 Å². The fourth-order valence-electron chi connectivity index (χ4n) is 1.90. The Kier molecular flexibility index (Phi) is 2.19. The molecule has 0 saturated heterocycles. The van der Waals surface area contributed by atoms with Gasteiger partial charge in [0.15, 0.2) is 6.23 Å². The Bertz CT molecular complexity index is 562. The summed E-state index contributed by atoms with van der Waals surface area (Å²) in [6, 6.07) is 11.2. The van der Waals surface area contributed by atoms with Gasteiger partial charge in [-0.05, 0) is 6.07 Å². The van der Waals surface area contributed by atoms with Gasteiger partial charge < -0.3 is 10.4 Å². The lowest BCUT2D eigenvalue weighted by atomic mass is 10.1. The first-order valence-corrected chi connectivity index (χ1v) is 5.37. The van der Waals surface area contributed by atoms with Crippen LogP contribution in [0, 0.1) is 0 Å². The van der Waals surface area contributed by atoms with E-state index < -0.39 is 6.23 Å². The average molecular weight is 229 g/mol. The highest BCUT2D eigenvalue weighted by molar-refractivity contribution is 5.94. The number of aromatic nitrogens is 2. The normalized spacial score (nSPS) is 18.6. The molecular formula is C12H11N3O2. The molecule has 0 bridgehead atoms. The summed E-state index contributed by atoms with van der Waals surface area (Å²) in [6.07, 6.45) is -0.792. The summed E-state index contributed by atoms with van der Waals surface area (Å²) in [4.78, 5) is 11.6. The Morgan fingerprint density at radius 2 is 2.12 bits per heavy atom. The number of amides is 1. The number of nitrogens with one attached hydrogen (secondary N) is 1. The third kappa shape index (κ3) is 1.60. The van der Waals surface area contributed by atoms with Crippen LogP contribution in [0.25, 0.3) is 11.3 Å². The van der Waals surface area contributed by atoms with E-state index in [0.717, 1.165) is 5.56 Å². The standard InChI is InChI=1S/C12H11N3O2/c16-11-7-13-12(17)10-6-9(14-15(10)11)8-4-2-1-3-5-8/h1-6,11,16H,7H2,(H,13,17)/t11-/m0/s1. The number of carbonyl (C=O) groups is 1. The molecule has 1 aliphatic rings. The number of rotatable bonds is 1. The molecule has 0 saturated carbocycles. The first-order chi connectivity index (χ1) is 8.25. The highest BCUT2D eigenvalue weighted by Gasteiger charge is 2.25. The zero-order valence-corrected chi connectivity index (χ0v) is 9.00. The number of hydrogen-bond donors (Lipinski definition) is 2. The predicted molar refractivity (Wildman–Crippen MR) is 61.3 cm³/mol. The van der Waals surface area contributed by atoms with Crippen molar-refractivity contribution in [3.05, 3.63) is 42.1 Å².